The Kier molecular flexibility index (Phi) is 15.2. The van der Waals surface area contributed by atoms with Gasteiger partial charge in [-0.15, -0.1) is 0 Å². The summed E-state index contributed by atoms with van der Waals surface area (Å²) in [4.78, 5) is 2.57. The van der Waals surface area contributed by atoms with Crippen LogP contribution in [-0.2, 0) is 10.0 Å². The molecular formula is C19H38N2O2S. The van der Waals surface area contributed by atoms with E-state index in [1.54, 1.807) is 16.4 Å². The lowest BCUT2D eigenvalue weighted by molar-refractivity contribution is 0.347. The molecular weight excluding hydrogens is 320 g/mol. The molecule has 4 nitrogen and oxygen atoms in total. The minimum absolute atomic E-state index is 0.401. The molecule has 1 aliphatic rings. The normalized spacial score (nSPS) is 15.5. The number of nitrogens with zero attached hydrogens (tertiary/aromatic N) is 2. The molecule has 1 saturated heterocycles. The van der Waals surface area contributed by atoms with E-state index in [2.05, 4.69) is 4.90 Å². The Bertz CT molecular complexity index is 499. The fourth-order valence-corrected chi connectivity index (χ4v) is 3.59. The number of aryl methyl sites for hydroxylation is 1. The van der Waals surface area contributed by atoms with Crippen molar-refractivity contribution in [3.8, 4) is 0 Å². The van der Waals surface area contributed by atoms with Crippen LogP contribution in [0.4, 0.5) is 0 Å². The molecule has 0 amide bonds. The molecule has 1 fully saturated rings. The molecule has 0 unspecified atom stereocenters. The van der Waals surface area contributed by atoms with E-state index < -0.39 is 10.0 Å². The van der Waals surface area contributed by atoms with E-state index in [1.807, 2.05) is 67.6 Å². The van der Waals surface area contributed by atoms with E-state index in [0.29, 0.717) is 18.0 Å². The van der Waals surface area contributed by atoms with E-state index >= 15 is 0 Å². The minimum Gasteiger partial charge on any atom is -0.305 e. The number of hydrogen-bond donors (Lipinski definition) is 0. The van der Waals surface area contributed by atoms with Crippen molar-refractivity contribution in [1.29, 1.82) is 0 Å². The summed E-state index contributed by atoms with van der Waals surface area (Å²) < 4.78 is 26.5. The van der Waals surface area contributed by atoms with Gasteiger partial charge in [-0.2, -0.15) is 4.31 Å². The van der Waals surface area contributed by atoms with Crippen molar-refractivity contribution in [2.75, 3.05) is 33.2 Å². The highest BCUT2D eigenvalue weighted by Crippen LogP contribution is 2.17. The number of rotatable bonds is 2. The predicted molar refractivity (Wildman–Crippen MR) is 106 cm³/mol. The van der Waals surface area contributed by atoms with Crippen molar-refractivity contribution in [2.45, 2.75) is 59.8 Å². The zero-order valence-corrected chi connectivity index (χ0v) is 17.8. The molecule has 0 N–H and O–H groups in total. The highest BCUT2D eigenvalue weighted by molar-refractivity contribution is 7.89. The van der Waals surface area contributed by atoms with Gasteiger partial charge in [0.05, 0.1) is 4.90 Å². The fourth-order valence-electron chi connectivity index (χ4n) is 2.12. The number of likely N-dealkylation sites (N-methyl/N-ethyl adjacent to an activating group) is 1. The second-order valence-electron chi connectivity index (χ2n) is 4.87. The predicted octanol–water partition coefficient (Wildman–Crippen LogP) is 4.40. The molecule has 142 valence electrons. The monoisotopic (exact) mass is 358 g/mol. The van der Waals surface area contributed by atoms with Gasteiger partial charge in [-0.25, -0.2) is 8.42 Å². The molecule has 1 heterocycles. The van der Waals surface area contributed by atoms with Crippen LogP contribution in [0.15, 0.2) is 29.2 Å². The van der Waals surface area contributed by atoms with E-state index in [1.165, 1.54) is 0 Å². The Morgan fingerprint density at radius 3 is 1.79 bits per heavy atom. The second-order valence-corrected chi connectivity index (χ2v) is 6.81. The summed E-state index contributed by atoms with van der Waals surface area (Å²) in [6.07, 6.45) is 0.890. The average Bonchev–Trinajstić information content (AvgIpc) is 2.86. The van der Waals surface area contributed by atoms with Gasteiger partial charge in [-0.05, 0) is 39.1 Å². The third-order valence-electron chi connectivity index (χ3n) is 3.34. The quantitative estimate of drug-likeness (QED) is 0.787. The topological polar surface area (TPSA) is 40.6 Å². The first-order chi connectivity index (χ1) is 11.5. The second kappa shape index (κ2) is 14.4. The Balaban J connectivity index is 0. The first kappa shape index (κ1) is 25.3. The fraction of sp³-hybridized carbons (Fsp3) is 0.684. The summed E-state index contributed by atoms with van der Waals surface area (Å²) in [5, 5.41) is 0. The van der Waals surface area contributed by atoms with Crippen LogP contribution in [0.3, 0.4) is 0 Å². The molecule has 0 radical (unpaired) electrons. The van der Waals surface area contributed by atoms with Crippen LogP contribution in [0.5, 0.6) is 0 Å². The van der Waals surface area contributed by atoms with E-state index in [0.717, 1.165) is 25.1 Å². The number of benzene rings is 1. The van der Waals surface area contributed by atoms with Crippen LogP contribution in [0, 0.1) is 6.92 Å². The van der Waals surface area contributed by atoms with Crippen LogP contribution < -0.4 is 0 Å². The summed E-state index contributed by atoms with van der Waals surface area (Å²) in [5.74, 6) is 0. The van der Waals surface area contributed by atoms with Gasteiger partial charge in [0.15, 0.2) is 0 Å². The molecule has 1 aliphatic heterocycles. The Labute approximate surface area is 150 Å². The van der Waals surface area contributed by atoms with Crippen molar-refractivity contribution in [3.05, 3.63) is 29.8 Å². The maximum absolute atomic E-state index is 12.5. The van der Waals surface area contributed by atoms with Crippen molar-refractivity contribution in [1.82, 2.24) is 9.21 Å². The van der Waals surface area contributed by atoms with Crippen LogP contribution >= 0.6 is 0 Å². The molecule has 0 saturated carbocycles. The van der Waals surface area contributed by atoms with Gasteiger partial charge < -0.3 is 4.90 Å². The molecule has 5 heteroatoms. The third-order valence-corrected chi connectivity index (χ3v) is 5.25. The highest BCUT2D eigenvalue weighted by atomic mass is 32.2. The van der Waals surface area contributed by atoms with Gasteiger partial charge in [-0.3, -0.25) is 0 Å². The van der Waals surface area contributed by atoms with Crippen molar-refractivity contribution in [3.63, 3.8) is 0 Å². The van der Waals surface area contributed by atoms with Gasteiger partial charge in [0.25, 0.3) is 0 Å². The SMILES string of the molecule is CC.CC.CC.Cc1ccc(S(=O)(=O)N2CCCN(C)CC2)cc1. The van der Waals surface area contributed by atoms with Crippen molar-refractivity contribution >= 4 is 10.0 Å². The van der Waals surface area contributed by atoms with Gasteiger partial charge in [-0.1, -0.05) is 59.2 Å². The van der Waals surface area contributed by atoms with E-state index in [9.17, 15) is 8.42 Å². The molecule has 2 rings (SSSR count). The smallest absolute Gasteiger partial charge is 0.243 e. The maximum Gasteiger partial charge on any atom is 0.243 e. The van der Waals surface area contributed by atoms with Gasteiger partial charge in [0.2, 0.25) is 10.0 Å². The van der Waals surface area contributed by atoms with Crippen molar-refractivity contribution in [2.24, 2.45) is 0 Å². The Morgan fingerprint density at radius 1 is 0.792 bits per heavy atom. The third kappa shape index (κ3) is 8.27. The van der Waals surface area contributed by atoms with Crippen LogP contribution in [0.1, 0.15) is 53.5 Å². The molecule has 1 aromatic carbocycles. The van der Waals surface area contributed by atoms with Crippen LogP contribution in [0.2, 0.25) is 0 Å². The lowest BCUT2D eigenvalue weighted by atomic mass is 10.2. The summed E-state index contributed by atoms with van der Waals surface area (Å²) in [7, 11) is -1.29. The summed E-state index contributed by atoms with van der Waals surface area (Å²) in [5.41, 5.74) is 1.07. The Morgan fingerprint density at radius 2 is 1.29 bits per heavy atom. The number of sulfonamides is 1. The molecule has 1 aromatic rings. The zero-order valence-electron chi connectivity index (χ0n) is 17.0. The molecule has 0 bridgehead atoms. The van der Waals surface area contributed by atoms with E-state index in [-0.39, 0.29) is 0 Å². The molecule has 24 heavy (non-hydrogen) atoms. The van der Waals surface area contributed by atoms with Gasteiger partial charge >= 0.3 is 0 Å². The number of hydrogen-bond acceptors (Lipinski definition) is 3. The molecule has 0 spiro atoms. The summed E-state index contributed by atoms with van der Waals surface area (Å²) in [6, 6.07) is 7.08. The summed E-state index contributed by atoms with van der Waals surface area (Å²) in [6.45, 7) is 16.9. The highest BCUT2D eigenvalue weighted by Gasteiger charge is 2.25. The molecule has 0 aromatic heterocycles. The first-order valence-electron chi connectivity index (χ1n) is 9.25. The minimum atomic E-state index is -3.32. The average molecular weight is 359 g/mol. The van der Waals surface area contributed by atoms with E-state index in [4.69, 9.17) is 0 Å². The lowest BCUT2D eigenvalue weighted by Crippen LogP contribution is -2.34. The standard InChI is InChI=1S/C13H20N2O2S.3C2H6/c1-12-4-6-13(7-5-12)18(16,17)15-9-3-8-14(2)10-11-15;3*1-2/h4-7H,3,8-11H2,1-2H3;3*1-2H3. The molecule has 0 aliphatic carbocycles. The van der Waals surface area contributed by atoms with Gasteiger partial charge in [0, 0.05) is 19.6 Å². The van der Waals surface area contributed by atoms with Gasteiger partial charge in [0.1, 0.15) is 0 Å². The van der Waals surface area contributed by atoms with Crippen molar-refractivity contribution < 1.29 is 8.42 Å². The molecule has 0 atom stereocenters. The largest absolute Gasteiger partial charge is 0.305 e. The maximum atomic E-state index is 12.5. The Hall–Kier alpha value is -0.910. The van der Waals surface area contributed by atoms with Crippen LogP contribution in [-0.4, -0.2) is 50.8 Å². The lowest BCUT2D eigenvalue weighted by Gasteiger charge is -2.20. The zero-order chi connectivity index (χ0) is 19.2. The van der Waals surface area contributed by atoms with Crippen LogP contribution in [0.25, 0.3) is 0 Å². The summed E-state index contributed by atoms with van der Waals surface area (Å²) >= 11 is 0. The first-order valence-corrected chi connectivity index (χ1v) is 10.7.